The first kappa shape index (κ1) is 10.8. The number of nitrogen functional groups attached to an aromatic ring is 1. The maximum absolute atomic E-state index is 11.8. The van der Waals surface area contributed by atoms with Crippen molar-refractivity contribution in [1.29, 1.82) is 0 Å². The second-order valence-electron chi connectivity index (χ2n) is 4.52. The predicted octanol–water partition coefficient (Wildman–Crippen LogP) is 1.50. The summed E-state index contributed by atoms with van der Waals surface area (Å²) in [6, 6.07) is 4.83. The van der Waals surface area contributed by atoms with Crippen LogP contribution in [0.3, 0.4) is 0 Å². The molecule has 4 N–H and O–H groups in total. The smallest absolute Gasteiger partial charge is 0.251 e. The van der Waals surface area contributed by atoms with E-state index < -0.39 is 0 Å². The zero-order valence-electron chi connectivity index (χ0n) is 9.23. The minimum absolute atomic E-state index is 0.0466. The third-order valence-corrected chi connectivity index (χ3v) is 3.00. The van der Waals surface area contributed by atoms with Crippen LogP contribution in [0, 0.1) is 5.92 Å². The Balaban J connectivity index is 2.01. The predicted molar refractivity (Wildman–Crippen MR) is 62.2 cm³/mol. The van der Waals surface area contributed by atoms with Gasteiger partial charge < -0.3 is 16.2 Å². The Morgan fingerprint density at radius 1 is 1.50 bits per heavy atom. The van der Waals surface area contributed by atoms with E-state index in [2.05, 4.69) is 12.2 Å². The fraction of sp³-hybridized carbons (Fsp3) is 0.417. The van der Waals surface area contributed by atoms with Crippen molar-refractivity contribution in [3.05, 3.63) is 23.8 Å². The molecule has 1 aliphatic rings. The second-order valence-corrected chi connectivity index (χ2v) is 4.52. The summed E-state index contributed by atoms with van der Waals surface area (Å²) in [5, 5.41) is 12.3. The van der Waals surface area contributed by atoms with Crippen molar-refractivity contribution in [3.63, 3.8) is 0 Å². The van der Waals surface area contributed by atoms with Crippen LogP contribution < -0.4 is 11.1 Å². The van der Waals surface area contributed by atoms with Crippen molar-refractivity contribution in [2.45, 2.75) is 25.8 Å². The van der Waals surface area contributed by atoms with E-state index >= 15 is 0 Å². The second kappa shape index (κ2) is 4.04. The van der Waals surface area contributed by atoms with Crippen LogP contribution in [-0.2, 0) is 0 Å². The largest absolute Gasteiger partial charge is 0.506 e. The van der Waals surface area contributed by atoms with Crippen LogP contribution in [0.4, 0.5) is 5.69 Å². The van der Waals surface area contributed by atoms with E-state index in [0.717, 1.165) is 12.8 Å². The highest BCUT2D eigenvalue weighted by molar-refractivity contribution is 5.95. The molecule has 2 rings (SSSR count). The van der Waals surface area contributed by atoms with Gasteiger partial charge in [0.2, 0.25) is 0 Å². The zero-order valence-corrected chi connectivity index (χ0v) is 9.23. The average Bonchev–Trinajstić information content (AvgIpc) is 2.19. The number of hydrogen-bond acceptors (Lipinski definition) is 3. The van der Waals surface area contributed by atoms with Crippen LogP contribution >= 0.6 is 0 Å². The molecule has 4 nitrogen and oxygen atoms in total. The Hall–Kier alpha value is -1.71. The molecular formula is C12H16N2O2. The Morgan fingerprint density at radius 3 is 2.75 bits per heavy atom. The summed E-state index contributed by atoms with van der Waals surface area (Å²) < 4.78 is 0. The van der Waals surface area contributed by atoms with Crippen LogP contribution in [0.5, 0.6) is 5.75 Å². The van der Waals surface area contributed by atoms with Gasteiger partial charge in [-0.15, -0.1) is 0 Å². The molecule has 86 valence electrons. The van der Waals surface area contributed by atoms with Gasteiger partial charge in [0.1, 0.15) is 5.75 Å². The van der Waals surface area contributed by atoms with Crippen LogP contribution in [-0.4, -0.2) is 17.1 Å². The summed E-state index contributed by atoms with van der Waals surface area (Å²) in [4.78, 5) is 11.8. The van der Waals surface area contributed by atoms with Crippen molar-refractivity contribution in [3.8, 4) is 5.75 Å². The molecule has 1 fully saturated rings. The zero-order chi connectivity index (χ0) is 11.7. The van der Waals surface area contributed by atoms with Gasteiger partial charge in [-0.3, -0.25) is 4.79 Å². The molecule has 4 heteroatoms. The third-order valence-electron chi connectivity index (χ3n) is 3.00. The topological polar surface area (TPSA) is 75.4 Å². The Morgan fingerprint density at radius 2 is 2.19 bits per heavy atom. The summed E-state index contributed by atoms with van der Waals surface area (Å²) in [6.45, 7) is 2.16. The van der Waals surface area contributed by atoms with E-state index in [9.17, 15) is 9.90 Å². The van der Waals surface area contributed by atoms with Crippen molar-refractivity contribution < 1.29 is 9.90 Å². The Labute approximate surface area is 94.5 Å². The van der Waals surface area contributed by atoms with Gasteiger partial charge in [-0.05, 0) is 37.0 Å². The Kier molecular flexibility index (Phi) is 2.73. The SMILES string of the molecule is CC1CC(NC(=O)c2ccc(N)c(O)c2)C1. The number of phenolic OH excluding ortho intramolecular Hbond substituents is 1. The highest BCUT2D eigenvalue weighted by Gasteiger charge is 2.26. The van der Waals surface area contributed by atoms with Gasteiger partial charge in [0.25, 0.3) is 5.91 Å². The summed E-state index contributed by atoms with van der Waals surface area (Å²) in [5.74, 6) is 0.506. The minimum Gasteiger partial charge on any atom is -0.506 e. The number of carbonyl (C=O) groups excluding carboxylic acids is 1. The first-order valence-electron chi connectivity index (χ1n) is 5.45. The van der Waals surface area contributed by atoms with E-state index in [-0.39, 0.29) is 23.4 Å². The highest BCUT2D eigenvalue weighted by atomic mass is 16.3. The summed E-state index contributed by atoms with van der Waals surface area (Å²) in [5.41, 5.74) is 6.20. The molecule has 1 aromatic rings. The third kappa shape index (κ3) is 2.10. The van der Waals surface area contributed by atoms with Gasteiger partial charge in [-0.1, -0.05) is 6.92 Å². The molecule has 1 amide bonds. The van der Waals surface area contributed by atoms with Crippen LogP contribution in [0.1, 0.15) is 30.1 Å². The molecule has 0 aromatic heterocycles. The van der Waals surface area contributed by atoms with E-state index in [1.54, 1.807) is 6.07 Å². The van der Waals surface area contributed by atoms with Crippen LogP contribution in [0.15, 0.2) is 18.2 Å². The lowest BCUT2D eigenvalue weighted by Crippen LogP contribution is -2.43. The summed E-state index contributed by atoms with van der Waals surface area (Å²) >= 11 is 0. The first-order chi connectivity index (χ1) is 7.56. The number of amides is 1. The number of anilines is 1. The maximum Gasteiger partial charge on any atom is 0.251 e. The average molecular weight is 220 g/mol. The molecule has 0 saturated heterocycles. The molecule has 0 aliphatic heterocycles. The lowest BCUT2D eigenvalue weighted by Gasteiger charge is -2.33. The number of phenols is 1. The van der Waals surface area contributed by atoms with E-state index in [1.807, 2.05) is 0 Å². The van der Waals surface area contributed by atoms with Gasteiger partial charge in [0.15, 0.2) is 0 Å². The molecule has 0 spiro atoms. The molecule has 1 saturated carbocycles. The van der Waals surface area contributed by atoms with Gasteiger partial charge in [0.05, 0.1) is 5.69 Å². The Bertz CT molecular complexity index is 411. The standard InChI is InChI=1S/C12H16N2O2/c1-7-4-9(5-7)14-12(16)8-2-3-10(13)11(15)6-8/h2-3,6-7,9,15H,4-5,13H2,1H3,(H,14,16). The first-order valence-corrected chi connectivity index (χ1v) is 5.45. The van der Waals surface area contributed by atoms with Gasteiger partial charge >= 0.3 is 0 Å². The lowest BCUT2D eigenvalue weighted by molar-refractivity contribution is 0.0895. The van der Waals surface area contributed by atoms with Crippen LogP contribution in [0.2, 0.25) is 0 Å². The maximum atomic E-state index is 11.8. The quantitative estimate of drug-likeness (QED) is 0.522. The molecular weight excluding hydrogens is 204 g/mol. The summed E-state index contributed by atoms with van der Waals surface area (Å²) in [6.07, 6.45) is 2.07. The number of nitrogens with two attached hydrogens (primary N) is 1. The van der Waals surface area contributed by atoms with Crippen molar-refractivity contribution in [1.82, 2.24) is 5.32 Å². The van der Waals surface area contributed by atoms with Crippen molar-refractivity contribution in [2.75, 3.05) is 5.73 Å². The van der Waals surface area contributed by atoms with Crippen molar-refractivity contribution in [2.24, 2.45) is 5.92 Å². The normalized spacial score (nSPS) is 23.6. The monoisotopic (exact) mass is 220 g/mol. The number of nitrogens with one attached hydrogen (secondary N) is 1. The molecule has 0 unspecified atom stereocenters. The molecule has 1 aromatic carbocycles. The molecule has 16 heavy (non-hydrogen) atoms. The van der Waals surface area contributed by atoms with E-state index in [4.69, 9.17) is 5.73 Å². The van der Waals surface area contributed by atoms with Crippen molar-refractivity contribution >= 4 is 11.6 Å². The van der Waals surface area contributed by atoms with Crippen LogP contribution in [0.25, 0.3) is 0 Å². The summed E-state index contributed by atoms with van der Waals surface area (Å²) in [7, 11) is 0. The van der Waals surface area contributed by atoms with Gasteiger partial charge in [0, 0.05) is 11.6 Å². The number of carbonyl (C=O) groups is 1. The number of aromatic hydroxyl groups is 1. The fourth-order valence-corrected chi connectivity index (χ4v) is 1.97. The minimum atomic E-state index is -0.146. The highest BCUT2D eigenvalue weighted by Crippen LogP contribution is 2.27. The molecule has 0 bridgehead atoms. The number of benzene rings is 1. The molecule has 1 aliphatic carbocycles. The number of rotatable bonds is 2. The van der Waals surface area contributed by atoms with Gasteiger partial charge in [-0.25, -0.2) is 0 Å². The fourth-order valence-electron chi connectivity index (χ4n) is 1.97. The number of hydrogen-bond donors (Lipinski definition) is 3. The molecule has 0 atom stereocenters. The van der Waals surface area contributed by atoms with E-state index in [1.165, 1.54) is 12.1 Å². The molecule has 0 heterocycles. The van der Waals surface area contributed by atoms with E-state index in [0.29, 0.717) is 11.5 Å². The molecule has 0 radical (unpaired) electrons. The van der Waals surface area contributed by atoms with Gasteiger partial charge in [-0.2, -0.15) is 0 Å². The lowest BCUT2D eigenvalue weighted by atomic mass is 9.82.